The predicted molar refractivity (Wildman–Crippen MR) is 54.2 cm³/mol. The van der Waals surface area contributed by atoms with Crippen molar-refractivity contribution in [3.63, 3.8) is 0 Å². The minimum Gasteiger partial charge on any atom is -0.206 e. The highest BCUT2D eigenvalue weighted by molar-refractivity contribution is 9.09. The minimum atomic E-state index is -4.64. The van der Waals surface area contributed by atoms with Gasteiger partial charge >= 0.3 is 6.18 Å². The Labute approximate surface area is 92.7 Å². The maximum Gasteiger partial charge on any atom is 0.419 e. The maximum atomic E-state index is 13.0. The molecule has 0 saturated heterocycles. The lowest BCUT2D eigenvalue weighted by Gasteiger charge is -2.07. The average molecular weight is 283 g/mol. The smallest absolute Gasteiger partial charge is 0.206 e. The molecule has 0 aliphatic heterocycles. The van der Waals surface area contributed by atoms with E-state index >= 15 is 0 Å². The standard InChI is InChI=1S/C10H7BrF4/c11-5-1-2-7-3-4-8(9(12)6-7)10(13,14)15/h1-4,6H,5H2. The van der Waals surface area contributed by atoms with E-state index < -0.39 is 17.6 Å². The van der Waals surface area contributed by atoms with Crippen LogP contribution in [0.25, 0.3) is 6.08 Å². The Morgan fingerprint density at radius 2 is 1.93 bits per heavy atom. The van der Waals surface area contributed by atoms with E-state index in [4.69, 9.17) is 0 Å². The van der Waals surface area contributed by atoms with E-state index in [2.05, 4.69) is 15.9 Å². The van der Waals surface area contributed by atoms with Gasteiger partial charge in [-0.25, -0.2) is 4.39 Å². The normalized spacial score (nSPS) is 12.3. The first-order chi connectivity index (χ1) is 6.95. The van der Waals surface area contributed by atoms with Gasteiger partial charge in [0, 0.05) is 5.33 Å². The average Bonchev–Trinajstić information content (AvgIpc) is 2.12. The van der Waals surface area contributed by atoms with Crippen molar-refractivity contribution in [2.24, 2.45) is 0 Å². The molecule has 0 aliphatic carbocycles. The third-order valence-electron chi connectivity index (χ3n) is 1.70. The molecule has 0 bridgehead atoms. The number of rotatable bonds is 2. The monoisotopic (exact) mass is 282 g/mol. The van der Waals surface area contributed by atoms with Gasteiger partial charge in [0.25, 0.3) is 0 Å². The fourth-order valence-corrected chi connectivity index (χ4v) is 1.23. The second-order valence-electron chi connectivity index (χ2n) is 2.79. The van der Waals surface area contributed by atoms with E-state index in [0.29, 0.717) is 10.9 Å². The van der Waals surface area contributed by atoms with Crippen molar-refractivity contribution < 1.29 is 17.6 Å². The lowest BCUT2D eigenvalue weighted by molar-refractivity contribution is -0.140. The summed E-state index contributed by atoms with van der Waals surface area (Å²) in [6.07, 6.45) is -1.43. The Kier molecular flexibility index (Phi) is 3.90. The van der Waals surface area contributed by atoms with Crippen LogP contribution < -0.4 is 0 Å². The number of allylic oxidation sites excluding steroid dienone is 1. The topological polar surface area (TPSA) is 0 Å². The van der Waals surface area contributed by atoms with E-state index in [1.54, 1.807) is 6.08 Å². The van der Waals surface area contributed by atoms with Crippen molar-refractivity contribution in [2.75, 3.05) is 5.33 Å². The van der Waals surface area contributed by atoms with Crippen LogP contribution in [-0.2, 0) is 6.18 Å². The van der Waals surface area contributed by atoms with Crippen LogP contribution in [0.3, 0.4) is 0 Å². The molecule has 0 atom stereocenters. The van der Waals surface area contributed by atoms with Crippen LogP contribution >= 0.6 is 15.9 Å². The SMILES string of the molecule is Fc1cc(C=CCBr)ccc1C(F)(F)F. The molecular weight excluding hydrogens is 276 g/mol. The number of halogens is 5. The summed E-state index contributed by atoms with van der Waals surface area (Å²) in [7, 11) is 0. The van der Waals surface area contributed by atoms with Gasteiger partial charge in [0.1, 0.15) is 5.82 Å². The third kappa shape index (κ3) is 3.34. The Morgan fingerprint density at radius 1 is 1.27 bits per heavy atom. The summed E-state index contributed by atoms with van der Waals surface area (Å²) in [4.78, 5) is 0. The van der Waals surface area contributed by atoms with E-state index in [0.717, 1.165) is 12.1 Å². The molecule has 82 valence electrons. The largest absolute Gasteiger partial charge is 0.419 e. The van der Waals surface area contributed by atoms with Crippen LogP contribution in [0.5, 0.6) is 0 Å². The molecule has 5 heteroatoms. The van der Waals surface area contributed by atoms with Gasteiger partial charge in [-0.05, 0) is 17.7 Å². The highest BCUT2D eigenvalue weighted by atomic mass is 79.9. The van der Waals surface area contributed by atoms with Crippen LogP contribution in [-0.4, -0.2) is 5.33 Å². The summed E-state index contributed by atoms with van der Waals surface area (Å²) < 4.78 is 49.5. The van der Waals surface area contributed by atoms with Crippen LogP contribution in [0, 0.1) is 5.82 Å². The molecule has 15 heavy (non-hydrogen) atoms. The summed E-state index contributed by atoms with van der Waals surface area (Å²) in [5.41, 5.74) is -0.835. The Hall–Kier alpha value is -0.840. The fraction of sp³-hybridized carbons (Fsp3) is 0.200. The number of benzene rings is 1. The lowest BCUT2D eigenvalue weighted by atomic mass is 10.1. The van der Waals surface area contributed by atoms with E-state index in [9.17, 15) is 17.6 Å². The summed E-state index contributed by atoms with van der Waals surface area (Å²) in [6.45, 7) is 0. The summed E-state index contributed by atoms with van der Waals surface area (Å²) >= 11 is 3.11. The quantitative estimate of drug-likeness (QED) is 0.562. The molecule has 0 radical (unpaired) electrons. The molecule has 1 aromatic carbocycles. The second-order valence-corrected chi connectivity index (χ2v) is 3.44. The summed E-state index contributed by atoms with van der Waals surface area (Å²) in [6, 6.07) is 2.83. The zero-order chi connectivity index (χ0) is 11.5. The Bertz CT molecular complexity index is 368. The molecule has 0 nitrogen and oxygen atoms in total. The van der Waals surface area contributed by atoms with Gasteiger partial charge in [-0.3, -0.25) is 0 Å². The molecule has 0 spiro atoms. The first-order valence-electron chi connectivity index (χ1n) is 4.04. The molecule has 1 aromatic rings. The molecule has 0 aromatic heterocycles. The first-order valence-corrected chi connectivity index (χ1v) is 5.16. The van der Waals surface area contributed by atoms with Gasteiger partial charge in [-0.2, -0.15) is 13.2 Å². The maximum absolute atomic E-state index is 13.0. The van der Waals surface area contributed by atoms with Crippen molar-refractivity contribution in [1.29, 1.82) is 0 Å². The van der Waals surface area contributed by atoms with Crippen molar-refractivity contribution in [1.82, 2.24) is 0 Å². The molecule has 0 aliphatic rings. The highest BCUT2D eigenvalue weighted by Gasteiger charge is 2.33. The molecule has 0 N–H and O–H groups in total. The second kappa shape index (κ2) is 4.79. The van der Waals surface area contributed by atoms with E-state index in [-0.39, 0.29) is 0 Å². The summed E-state index contributed by atoms with van der Waals surface area (Å²) in [5.74, 6) is -1.25. The van der Waals surface area contributed by atoms with Crippen molar-refractivity contribution >= 4 is 22.0 Å². The van der Waals surface area contributed by atoms with Crippen molar-refractivity contribution in [3.05, 3.63) is 41.2 Å². The highest BCUT2D eigenvalue weighted by Crippen LogP contribution is 2.31. The van der Waals surface area contributed by atoms with Crippen molar-refractivity contribution in [2.45, 2.75) is 6.18 Å². The van der Waals surface area contributed by atoms with Crippen LogP contribution in [0.4, 0.5) is 17.6 Å². The van der Waals surface area contributed by atoms with Gasteiger partial charge in [-0.1, -0.05) is 34.1 Å². The Balaban J connectivity index is 3.04. The van der Waals surface area contributed by atoms with Gasteiger partial charge < -0.3 is 0 Å². The molecule has 0 fully saturated rings. The number of alkyl halides is 4. The van der Waals surface area contributed by atoms with Gasteiger partial charge in [0.05, 0.1) is 5.56 Å². The van der Waals surface area contributed by atoms with Crippen LogP contribution in [0.15, 0.2) is 24.3 Å². The van der Waals surface area contributed by atoms with Gasteiger partial charge in [-0.15, -0.1) is 0 Å². The van der Waals surface area contributed by atoms with Crippen molar-refractivity contribution in [3.8, 4) is 0 Å². The molecule has 0 saturated carbocycles. The first kappa shape index (κ1) is 12.2. The molecular formula is C10H7BrF4. The zero-order valence-electron chi connectivity index (χ0n) is 7.48. The number of hydrogen-bond donors (Lipinski definition) is 0. The molecule has 0 heterocycles. The van der Waals surface area contributed by atoms with Gasteiger partial charge in [0.2, 0.25) is 0 Å². The zero-order valence-corrected chi connectivity index (χ0v) is 9.07. The predicted octanol–water partition coefficient (Wildman–Crippen LogP) is 4.25. The third-order valence-corrected chi connectivity index (χ3v) is 2.07. The fourth-order valence-electron chi connectivity index (χ4n) is 1.05. The van der Waals surface area contributed by atoms with Gasteiger partial charge in [0.15, 0.2) is 0 Å². The van der Waals surface area contributed by atoms with Crippen LogP contribution in [0.1, 0.15) is 11.1 Å². The molecule has 1 rings (SSSR count). The molecule has 0 unspecified atom stereocenters. The molecule has 0 amide bonds. The Morgan fingerprint density at radius 3 is 2.40 bits per heavy atom. The number of hydrogen-bond acceptors (Lipinski definition) is 0. The van der Waals surface area contributed by atoms with E-state index in [1.807, 2.05) is 0 Å². The summed E-state index contributed by atoms with van der Waals surface area (Å²) in [5, 5.41) is 0.565. The van der Waals surface area contributed by atoms with Crippen LogP contribution in [0.2, 0.25) is 0 Å². The van der Waals surface area contributed by atoms with E-state index in [1.165, 1.54) is 12.1 Å². The lowest BCUT2D eigenvalue weighted by Crippen LogP contribution is -2.07. The minimum absolute atomic E-state index is 0.403.